The van der Waals surface area contributed by atoms with Crippen LogP contribution in [0.15, 0.2) is 59.8 Å². The molecule has 164 valence electrons. The molecule has 6 nitrogen and oxygen atoms in total. The lowest BCUT2D eigenvalue weighted by atomic mass is 10.1. The van der Waals surface area contributed by atoms with Crippen LogP contribution in [-0.2, 0) is 11.3 Å². The third-order valence-electron chi connectivity index (χ3n) is 5.92. The minimum atomic E-state index is 0.144. The molecule has 2 aromatic carbocycles. The topological polar surface area (TPSA) is 53.7 Å². The average molecular weight is 466 g/mol. The van der Waals surface area contributed by atoms with Gasteiger partial charge in [0.2, 0.25) is 5.91 Å². The molecule has 0 aliphatic carbocycles. The highest BCUT2D eigenvalue weighted by Gasteiger charge is 2.22. The van der Waals surface area contributed by atoms with Gasteiger partial charge in [0.05, 0.1) is 11.3 Å². The lowest BCUT2D eigenvalue weighted by molar-refractivity contribution is -0.130. The van der Waals surface area contributed by atoms with E-state index in [9.17, 15) is 4.79 Å². The number of halogens is 1. The number of hydrogen-bond donors (Lipinski definition) is 0. The number of amides is 1. The zero-order valence-electron chi connectivity index (χ0n) is 17.9. The van der Waals surface area contributed by atoms with Gasteiger partial charge in [-0.1, -0.05) is 53.7 Å². The predicted octanol–water partition coefficient (Wildman–Crippen LogP) is 4.28. The van der Waals surface area contributed by atoms with Gasteiger partial charge in [-0.25, -0.2) is 0 Å². The second kappa shape index (κ2) is 9.10. The highest BCUT2D eigenvalue weighted by Crippen LogP contribution is 2.26. The summed E-state index contributed by atoms with van der Waals surface area (Å²) in [6.07, 6.45) is 0. The van der Waals surface area contributed by atoms with Gasteiger partial charge in [-0.05, 0) is 42.3 Å². The number of nitrogens with zero attached hydrogens (tertiary/aromatic N) is 5. The number of carbonyl (C=O) groups is 1. The van der Waals surface area contributed by atoms with E-state index in [4.69, 9.17) is 11.6 Å². The number of aryl methyl sites for hydroxylation is 1. The van der Waals surface area contributed by atoms with Crippen molar-refractivity contribution in [3.63, 3.8) is 0 Å². The molecule has 4 aromatic rings. The Morgan fingerprint density at radius 2 is 1.84 bits per heavy atom. The van der Waals surface area contributed by atoms with Crippen molar-refractivity contribution in [2.24, 2.45) is 0 Å². The van der Waals surface area contributed by atoms with Crippen molar-refractivity contribution < 1.29 is 4.79 Å². The molecule has 2 aromatic heterocycles. The van der Waals surface area contributed by atoms with Crippen molar-refractivity contribution >= 4 is 45.8 Å². The molecule has 32 heavy (non-hydrogen) atoms. The highest BCUT2D eigenvalue weighted by molar-refractivity contribution is 7.99. The van der Waals surface area contributed by atoms with Crippen molar-refractivity contribution in [2.45, 2.75) is 18.6 Å². The number of piperazine rings is 1. The molecule has 1 aliphatic rings. The monoisotopic (exact) mass is 465 g/mol. The summed E-state index contributed by atoms with van der Waals surface area (Å²) in [7, 11) is 0. The van der Waals surface area contributed by atoms with E-state index in [0.29, 0.717) is 5.75 Å². The third-order valence-corrected chi connectivity index (χ3v) is 7.07. The maximum Gasteiger partial charge on any atom is 0.233 e. The first-order valence-electron chi connectivity index (χ1n) is 10.7. The van der Waals surface area contributed by atoms with E-state index >= 15 is 0 Å². The minimum Gasteiger partial charge on any atom is -0.339 e. The Balaban J connectivity index is 1.21. The zero-order chi connectivity index (χ0) is 22.1. The quantitative estimate of drug-likeness (QED) is 0.412. The summed E-state index contributed by atoms with van der Waals surface area (Å²) in [5, 5.41) is 11.4. The third kappa shape index (κ3) is 4.33. The summed E-state index contributed by atoms with van der Waals surface area (Å²) in [5.41, 5.74) is 4.25. The van der Waals surface area contributed by atoms with Gasteiger partial charge in [0.1, 0.15) is 0 Å². The summed E-state index contributed by atoms with van der Waals surface area (Å²) in [6, 6.07) is 18.2. The van der Waals surface area contributed by atoms with Gasteiger partial charge >= 0.3 is 0 Å². The maximum atomic E-state index is 12.9. The summed E-state index contributed by atoms with van der Waals surface area (Å²) < 4.78 is 2.04. The van der Waals surface area contributed by atoms with Crippen LogP contribution >= 0.6 is 23.4 Å². The molecule has 5 rings (SSSR count). The van der Waals surface area contributed by atoms with Gasteiger partial charge in [-0.2, -0.15) is 0 Å². The van der Waals surface area contributed by atoms with E-state index in [1.165, 1.54) is 28.3 Å². The van der Waals surface area contributed by atoms with Crippen LogP contribution in [0.25, 0.3) is 16.6 Å². The standard InChI is InChI=1S/C24H24ClN5OS/c1-17-13-22-26-27-24(30(22)21-8-3-2-7-20(17)21)32-16-23(31)29-11-9-28(10-12-29)15-18-5-4-6-19(25)14-18/h2-8,13-14H,9-12,15-16H2,1H3. The molecular formula is C24H24ClN5OS. The van der Waals surface area contributed by atoms with Crippen LogP contribution in [0.4, 0.5) is 0 Å². The molecule has 3 heterocycles. The van der Waals surface area contributed by atoms with E-state index in [2.05, 4.69) is 40.2 Å². The normalized spacial score (nSPS) is 15.0. The van der Waals surface area contributed by atoms with Crippen molar-refractivity contribution in [1.82, 2.24) is 24.4 Å². The first-order valence-corrected chi connectivity index (χ1v) is 12.1. The SMILES string of the molecule is Cc1cc2nnc(SCC(=O)N3CCN(Cc4cccc(Cl)c4)CC3)n2c2ccccc12. The van der Waals surface area contributed by atoms with E-state index in [0.717, 1.165) is 54.1 Å². The molecule has 0 bridgehead atoms. The Morgan fingerprint density at radius 1 is 1.03 bits per heavy atom. The lowest BCUT2D eigenvalue weighted by Gasteiger charge is -2.34. The smallest absolute Gasteiger partial charge is 0.233 e. The van der Waals surface area contributed by atoms with Gasteiger partial charge in [0.25, 0.3) is 0 Å². The van der Waals surface area contributed by atoms with Gasteiger partial charge in [-0.3, -0.25) is 14.1 Å². The number of pyridine rings is 1. The average Bonchev–Trinajstić information content (AvgIpc) is 3.21. The second-order valence-corrected chi connectivity index (χ2v) is 9.48. The minimum absolute atomic E-state index is 0.144. The molecule has 0 atom stereocenters. The number of benzene rings is 2. The Bertz CT molecular complexity index is 1280. The fourth-order valence-electron chi connectivity index (χ4n) is 4.23. The van der Waals surface area contributed by atoms with E-state index in [1.807, 2.05) is 45.7 Å². The van der Waals surface area contributed by atoms with Crippen LogP contribution in [0.3, 0.4) is 0 Å². The van der Waals surface area contributed by atoms with Crippen LogP contribution in [0.5, 0.6) is 0 Å². The zero-order valence-corrected chi connectivity index (χ0v) is 19.4. The molecule has 1 saturated heterocycles. The van der Waals surface area contributed by atoms with Crippen LogP contribution in [0.1, 0.15) is 11.1 Å². The summed E-state index contributed by atoms with van der Waals surface area (Å²) >= 11 is 7.55. The molecule has 0 unspecified atom stereocenters. The van der Waals surface area contributed by atoms with E-state index < -0.39 is 0 Å². The second-order valence-electron chi connectivity index (χ2n) is 8.10. The molecule has 0 spiro atoms. The largest absolute Gasteiger partial charge is 0.339 e. The Labute approximate surface area is 196 Å². The van der Waals surface area contributed by atoms with E-state index in [1.54, 1.807) is 0 Å². The van der Waals surface area contributed by atoms with Crippen molar-refractivity contribution in [2.75, 3.05) is 31.9 Å². The Kier molecular flexibility index (Phi) is 6.04. The molecule has 0 radical (unpaired) electrons. The van der Waals surface area contributed by atoms with Gasteiger partial charge in [0, 0.05) is 43.1 Å². The summed E-state index contributed by atoms with van der Waals surface area (Å²) in [5.74, 6) is 0.502. The Morgan fingerprint density at radius 3 is 2.66 bits per heavy atom. The van der Waals surface area contributed by atoms with Crippen molar-refractivity contribution in [3.05, 3.63) is 70.7 Å². The lowest BCUT2D eigenvalue weighted by Crippen LogP contribution is -2.48. The first kappa shape index (κ1) is 21.2. The number of carbonyl (C=O) groups excluding carboxylic acids is 1. The van der Waals surface area contributed by atoms with Crippen molar-refractivity contribution in [1.29, 1.82) is 0 Å². The number of thioether (sulfide) groups is 1. The molecule has 1 amide bonds. The molecule has 0 N–H and O–H groups in total. The Hall–Kier alpha value is -2.61. The number of fused-ring (bicyclic) bond motifs is 3. The molecule has 8 heteroatoms. The van der Waals surface area contributed by atoms with Gasteiger partial charge in [-0.15, -0.1) is 10.2 Å². The number of hydrogen-bond acceptors (Lipinski definition) is 5. The molecule has 1 aliphatic heterocycles. The molecule has 0 saturated carbocycles. The van der Waals surface area contributed by atoms with Crippen LogP contribution in [0, 0.1) is 6.92 Å². The van der Waals surface area contributed by atoms with Crippen LogP contribution in [-0.4, -0.2) is 62.2 Å². The first-order chi connectivity index (χ1) is 15.6. The summed E-state index contributed by atoms with van der Waals surface area (Å²) in [4.78, 5) is 17.2. The molecule has 1 fully saturated rings. The van der Waals surface area contributed by atoms with Crippen molar-refractivity contribution in [3.8, 4) is 0 Å². The van der Waals surface area contributed by atoms with Gasteiger partial charge < -0.3 is 4.90 Å². The summed E-state index contributed by atoms with van der Waals surface area (Å²) in [6.45, 7) is 6.14. The number of rotatable bonds is 5. The predicted molar refractivity (Wildman–Crippen MR) is 129 cm³/mol. The van der Waals surface area contributed by atoms with Gasteiger partial charge in [0.15, 0.2) is 10.8 Å². The number of aromatic nitrogens is 3. The molecular weight excluding hydrogens is 442 g/mol. The van der Waals surface area contributed by atoms with E-state index in [-0.39, 0.29) is 5.91 Å². The van der Waals surface area contributed by atoms with Crippen LogP contribution < -0.4 is 0 Å². The fourth-order valence-corrected chi connectivity index (χ4v) is 5.30. The maximum absolute atomic E-state index is 12.9. The number of para-hydroxylation sites is 1. The van der Waals surface area contributed by atoms with Crippen LogP contribution in [0.2, 0.25) is 5.02 Å². The highest BCUT2D eigenvalue weighted by atomic mass is 35.5. The fraction of sp³-hybridized carbons (Fsp3) is 0.292.